The second-order valence-electron chi connectivity index (χ2n) is 15.6. The summed E-state index contributed by atoms with van der Waals surface area (Å²) in [6.45, 7) is 10.2. The van der Waals surface area contributed by atoms with Gasteiger partial charge in [-0.05, 0) is 75.5 Å². The second kappa shape index (κ2) is 20.0. The minimum atomic E-state index is -1.11. The van der Waals surface area contributed by atoms with Crippen LogP contribution in [-0.2, 0) is 38.5 Å². The highest BCUT2D eigenvalue weighted by molar-refractivity contribution is 5.89. The molecule has 3 N–H and O–H groups in total. The fourth-order valence-electron chi connectivity index (χ4n) is 6.67. The summed E-state index contributed by atoms with van der Waals surface area (Å²) in [6.07, 6.45) is -0.331. The first-order chi connectivity index (χ1) is 25.7. The van der Waals surface area contributed by atoms with Crippen molar-refractivity contribution in [2.45, 2.75) is 103 Å². The van der Waals surface area contributed by atoms with Crippen LogP contribution in [0.2, 0.25) is 0 Å². The predicted molar refractivity (Wildman–Crippen MR) is 208 cm³/mol. The molecule has 1 saturated heterocycles. The van der Waals surface area contributed by atoms with Crippen molar-refractivity contribution in [1.29, 1.82) is 0 Å². The molecule has 54 heavy (non-hydrogen) atoms. The first-order valence-electron chi connectivity index (χ1n) is 19.0. The van der Waals surface area contributed by atoms with Crippen molar-refractivity contribution in [3.63, 3.8) is 0 Å². The number of alkyl carbamates (subject to hydrolysis) is 1. The number of aliphatic hydroxyl groups is 1. The SMILES string of the molecule is CC(C)C(NC(=O)C(Cc1ccccc1)CC(O)C(Cc1ccccc1)NC(=O)OC(C)(C)C)C(=O)N1CCC(N(C)C(=O)OCc2ccccc2)CC1. The summed E-state index contributed by atoms with van der Waals surface area (Å²) in [4.78, 5) is 57.2. The third-order valence-electron chi connectivity index (χ3n) is 9.73. The number of amides is 4. The Hall–Kier alpha value is -4.90. The monoisotopic (exact) mass is 742 g/mol. The maximum Gasteiger partial charge on any atom is 0.410 e. The van der Waals surface area contributed by atoms with Crippen LogP contribution in [-0.4, -0.2) is 88.9 Å². The lowest BCUT2D eigenvalue weighted by Crippen LogP contribution is -2.56. The number of carbonyl (C=O) groups excluding carboxylic acids is 4. The van der Waals surface area contributed by atoms with E-state index in [-0.39, 0.29) is 36.8 Å². The van der Waals surface area contributed by atoms with E-state index >= 15 is 0 Å². The van der Waals surface area contributed by atoms with Gasteiger partial charge in [-0.25, -0.2) is 9.59 Å². The van der Waals surface area contributed by atoms with Crippen LogP contribution in [0.3, 0.4) is 0 Å². The Labute approximate surface area is 320 Å². The Kier molecular flexibility index (Phi) is 15.5. The fraction of sp³-hybridized carbons (Fsp3) is 0.488. The Morgan fingerprint density at radius 1 is 0.815 bits per heavy atom. The smallest absolute Gasteiger partial charge is 0.410 e. The molecule has 1 heterocycles. The molecule has 0 radical (unpaired) electrons. The molecule has 1 aliphatic heterocycles. The highest BCUT2D eigenvalue weighted by Crippen LogP contribution is 2.22. The van der Waals surface area contributed by atoms with E-state index < -0.39 is 41.9 Å². The molecule has 4 amide bonds. The van der Waals surface area contributed by atoms with Crippen LogP contribution in [0.5, 0.6) is 0 Å². The summed E-state index contributed by atoms with van der Waals surface area (Å²) < 4.78 is 11.0. The number of nitrogens with one attached hydrogen (secondary N) is 2. The van der Waals surface area contributed by atoms with Crippen molar-refractivity contribution in [1.82, 2.24) is 20.4 Å². The summed E-state index contributed by atoms with van der Waals surface area (Å²) in [7, 11) is 1.72. The molecule has 1 fully saturated rings. The molecular weight excluding hydrogens is 684 g/mol. The minimum Gasteiger partial charge on any atom is -0.445 e. The lowest BCUT2D eigenvalue weighted by atomic mass is 9.88. The normalized spacial score (nSPS) is 15.7. The van der Waals surface area contributed by atoms with Gasteiger partial charge in [0.15, 0.2) is 0 Å². The molecule has 4 unspecified atom stereocenters. The van der Waals surface area contributed by atoms with Gasteiger partial charge in [-0.15, -0.1) is 0 Å². The maximum atomic E-state index is 14.2. The van der Waals surface area contributed by atoms with Crippen molar-refractivity contribution < 1.29 is 33.8 Å². The summed E-state index contributed by atoms with van der Waals surface area (Å²) in [5, 5.41) is 17.6. The first kappa shape index (κ1) is 41.9. The molecule has 0 spiro atoms. The van der Waals surface area contributed by atoms with Gasteiger partial charge in [0.2, 0.25) is 11.8 Å². The van der Waals surface area contributed by atoms with Gasteiger partial charge in [-0.3, -0.25) is 9.59 Å². The number of rotatable bonds is 15. The number of piperidine rings is 1. The quantitative estimate of drug-likeness (QED) is 0.170. The topological polar surface area (TPSA) is 138 Å². The first-order valence-corrected chi connectivity index (χ1v) is 19.0. The van der Waals surface area contributed by atoms with Crippen LogP contribution in [0.25, 0.3) is 0 Å². The molecule has 3 aromatic carbocycles. The van der Waals surface area contributed by atoms with Crippen molar-refractivity contribution in [2.75, 3.05) is 20.1 Å². The third-order valence-corrected chi connectivity index (χ3v) is 9.73. The molecule has 0 aliphatic carbocycles. The molecule has 3 aromatic rings. The molecule has 4 rings (SSSR count). The maximum absolute atomic E-state index is 14.2. The van der Waals surface area contributed by atoms with E-state index in [2.05, 4.69) is 10.6 Å². The lowest BCUT2D eigenvalue weighted by molar-refractivity contribution is -0.140. The highest BCUT2D eigenvalue weighted by atomic mass is 16.6. The summed E-state index contributed by atoms with van der Waals surface area (Å²) in [5.74, 6) is -1.46. The van der Waals surface area contributed by atoms with Gasteiger partial charge in [0.1, 0.15) is 18.2 Å². The largest absolute Gasteiger partial charge is 0.445 e. The van der Waals surface area contributed by atoms with Gasteiger partial charge >= 0.3 is 12.2 Å². The Bertz CT molecular complexity index is 1620. The van der Waals surface area contributed by atoms with Crippen LogP contribution in [0.1, 0.15) is 70.6 Å². The van der Waals surface area contributed by atoms with Crippen molar-refractivity contribution in [3.8, 4) is 0 Å². The van der Waals surface area contributed by atoms with Gasteiger partial charge in [-0.2, -0.15) is 0 Å². The zero-order chi connectivity index (χ0) is 39.3. The Morgan fingerprint density at radius 2 is 1.33 bits per heavy atom. The van der Waals surface area contributed by atoms with Crippen LogP contribution in [0.15, 0.2) is 91.0 Å². The van der Waals surface area contributed by atoms with Gasteiger partial charge in [0.25, 0.3) is 0 Å². The summed E-state index contributed by atoms with van der Waals surface area (Å²) in [6, 6.07) is 27.0. The number of nitrogens with zero attached hydrogens (tertiary/aromatic N) is 2. The van der Waals surface area contributed by atoms with Gasteiger partial charge in [0.05, 0.1) is 12.1 Å². The molecule has 292 valence electrons. The lowest BCUT2D eigenvalue weighted by Gasteiger charge is -2.38. The number of likely N-dealkylation sites (tertiary alicyclic amines) is 1. The Morgan fingerprint density at radius 3 is 1.85 bits per heavy atom. The zero-order valence-corrected chi connectivity index (χ0v) is 32.6. The third kappa shape index (κ3) is 13.2. The van der Waals surface area contributed by atoms with E-state index in [1.807, 2.05) is 105 Å². The van der Waals surface area contributed by atoms with Gasteiger partial charge in [-0.1, -0.05) is 105 Å². The van der Waals surface area contributed by atoms with Crippen LogP contribution >= 0.6 is 0 Å². The molecule has 0 saturated carbocycles. The number of carbonyl (C=O) groups is 4. The number of benzene rings is 3. The molecule has 4 atom stereocenters. The van der Waals surface area contributed by atoms with Crippen molar-refractivity contribution >= 4 is 24.0 Å². The second-order valence-corrected chi connectivity index (χ2v) is 15.6. The molecule has 11 heteroatoms. The van der Waals surface area contributed by atoms with Crippen LogP contribution in [0, 0.1) is 11.8 Å². The highest BCUT2D eigenvalue weighted by Gasteiger charge is 2.36. The van der Waals surface area contributed by atoms with Crippen LogP contribution < -0.4 is 10.6 Å². The molecule has 11 nitrogen and oxygen atoms in total. The number of hydrogen-bond donors (Lipinski definition) is 3. The minimum absolute atomic E-state index is 0.0329. The van der Waals surface area contributed by atoms with Gasteiger partial charge in [0, 0.05) is 32.1 Å². The predicted octanol–water partition coefficient (Wildman–Crippen LogP) is 6.13. The van der Waals surface area contributed by atoms with E-state index in [4.69, 9.17) is 9.47 Å². The number of ether oxygens (including phenoxy) is 2. The average molecular weight is 743 g/mol. The van der Waals surface area contributed by atoms with Gasteiger partial charge < -0.3 is 35.0 Å². The van der Waals surface area contributed by atoms with E-state index in [9.17, 15) is 24.3 Å². The molecular formula is C43H58N4O7. The standard InChI is InChI=1S/C43H58N4O7/c1-30(2)38(40(50)47-24-22-35(23-25-47)46(6)42(52)53-29-33-20-14-9-15-21-33)45-39(49)34(26-31-16-10-7-11-17-31)28-37(48)36(27-32-18-12-8-13-19-32)44-41(51)54-43(3,4)5/h7-21,30,34-38,48H,22-29H2,1-6H3,(H,44,51)(H,45,49). The van der Waals surface area contributed by atoms with Crippen LogP contribution in [0.4, 0.5) is 9.59 Å². The molecule has 0 bridgehead atoms. The van der Waals surface area contributed by atoms with E-state index in [0.29, 0.717) is 38.8 Å². The van der Waals surface area contributed by atoms with Crippen molar-refractivity contribution in [3.05, 3.63) is 108 Å². The van der Waals surface area contributed by atoms with E-state index in [0.717, 1.165) is 16.7 Å². The summed E-state index contributed by atoms with van der Waals surface area (Å²) >= 11 is 0. The Balaban J connectivity index is 1.43. The molecule has 0 aromatic heterocycles. The zero-order valence-electron chi connectivity index (χ0n) is 32.6. The van der Waals surface area contributed by atoms with Crippen molar-refractivity contribution in [2.24, 2.45) is 11.8 Å². The van der Waals surface area contributed by atoms with E-state index in [1.54, 1.807) is 37.6 Å². The number of aliphatic hydroxyl groups excluding tert-OH is 1. The summed E-state index contributed by atoms with van der Waals surface area (Å²) in [5.41, 5.74) is 1.99. The fourth-order valence-corrected chi connectivity index (χ4v) is 6.67. The average Bonchev–Trinajstić information content (AvgIpc) is 3.15. The molecule has 1 aliphatic rings. The number of hydrogen-bond acceptors (Lipinski definition) is 7. The van der Waals surface area contributed by atoms with E-state index in [1.165, 1.54) is 0 Å².